The minimum absolute atomic E-state index is 0.0968. The van der Waals surface area contributed by atoms with Crippen LogP contribution in [0.3, 0.4) is 0 Å². The average Bonchev–Trinajstić information content (AvgIpc) is 2.66. The highest BCUT2D eigenvalue weighted by Gasteiger charge is 2.23. The maximum absolute atomic E-state index is 10.5. The third kappa shape index (κ3) is 1.76. The molecule has 1 aliphatic rings. The van der Waals surface area contributed by atoms with E-state index in [-0.39, 0.29) is 12.7 Å². The van der Waals surface area contributed by atoms with Gasteiger partial charge < -0.3 is 14.3 Å². The summed E-state index contributed by atoms with van der Waals surface area (Å²) in [5.74, 6) is 1.53. The van der Waals surface area contributed by atoms with Crippen molar-refractivity contribution in [2.75, 3.05) is 6.79 Å². The summed E-state index contributed by atoms with van der Waals surface area (Å²) in [6.07, 6.45) is 1.37. The zero-order chi connectivity index (χ0) is 11.7. The van der Waals surface area contributed by atoms with Gasteiger partial charge in [0.15, 0.2) is 11.5 Å². The molecule has 0 bridgehead atoms. The van der Waals surface area contributed by atoms with E-state index in [2.05, 4.69) is 0 Å². The number of carbonyl (C=O) groups is 1. The van der Waals surface area contributed by atoms with Crippen LogP contribution in [-0.4, -0.2) is 13.1 Å². The van der Waals surface area contributed by atoms with Crippen molar-refractivity contribution in [2.24, 2.45) is 0 Å². The predicted octanol–water partition coefficient (Wildman–Crippen LogP) is 3.07. The topological polar surface area (TPSA) is 35.5 Å². The largest absolute Gasteiger partial charge is 0.454 e. The summed E-state index contributed by atoms with van der Waals surface area (Å²) < 4.78 is 10.7. The number of rotatable bonds is 3. The molecule has 4 heteroatoms. The van der Waals surface area contributed by atoms with Crippen LogP contribution in [0.5, 0.6) is 11.5 Å². The van der Waals surface area contributed by atoms with Crippen LogP contribution < -0.4 is 9.47 Å². The van der Waals surface area contributed by atoms with Crippen molar-refractivity contribution in [3.63, 3.8) is 0 Å². The molecule has 0 amide bonds. The molecule has 0 aliphatic carbocycles. The molecule has 16 heavy (non-hydrogen) atoms. The van der Waals surface area contributed by atoms with E-state index in [9.17, 15) is 4.79 Å². The SMILES string of the molecule is Cc1c2c(cc(Cl)c1C(C)CC=O)OCO2. The van der Waals surface area contributed by atoms with Gasteiger partial charge in [0.05, 0.1) is 0 Å². The lowest BCUT2D eigenvalue weighted by atomic mass is 9.93. The highest BCUT2D eigenvalue weighted by atomic mass is 35.5. The van der Waals surface area contributed by atoms with Gasteiger partial charge in [0.2, 0.25) is 6.79 Å². The maximum atomic E-state index is 10.5. The molecule has 3 nitrogen and oxygen atoms in total. The lowest BCUT2D eigenvalue weighted by Crippen LogP contribution is -2.00. The Balaban J connectivity index is 2.49. The van der Waals surface area contributed by atoms with Crippen LogP contribution in [0.15, 0.2) is 6.07 Å². The summed E-state index contributed by atoms with van der Waals surface area (Å²) in [6, 6.07) is 1.76. The van der Waals surface area contributed by atoms with Crippen molar-refractivity contribution in [3.05, 3.63) is 22.2 Å². The number of carbonyl (C=O) groups excluding carboxylic acids is 1. The van der Waals surface area contributed by atoms with Crippen molar-refractivity contribution < 1.29 is 14.3 Å². The molecular formula is C12H13ClO3. The quantitative estimate of drug-likeness (QED) is 0.762. The first kappa shape index (κ1) is 11.3. The summed E-state index contributed by atoms with van der Waals surface area (Å²) in [5.41, 5.74) is 1.94. The van der Waals surface area contributed by atoms with Crippen molar-refractivity contribution in [3.8, 4) is 11.5 Å². The van der Waals surface area contributed by atoms with Gasteiger partial charge in [-0.05, 0) is 18.4 Å². The van der Waals surface area contributed by atoms with Crippen LogP contribution in [0.1, 0.15) is 30.4 Å². The number of ether oxygens (including phenoxy) is 2. The molecule has 1 aromatic rings. The summed E-state index contributed by atoms with van der Waals surface area (Å²) in [6.45, 7) is 4.15. The summed E-state index contributed by atoms with van der Waals surface area (Å²) >= 11 is 6.19. The molecular weight excluding hydrogens is 228 g/mol. The van der Waals surface area contributed by atoms with Crippen LogP contribution in [-0.2, 0) is 4.79 Å². The number of hydrogen-bond donors (Lipinski definition) is 0. The van der Waals surface area contributed by atoms with E-state index in [4.69, 9.17) is 21.1 Å². The average molecular weight is 241 g/mol. The van der Waals surface area contributed by atoms with Crippen molar-refractivity contribution in [1.82, 2.24) is 0 Å². The summed E-state index contributed by atoms with van der Waals surface area (Å²) in [5, 5.41) is 0.635. The lowest BCUT2D eigenvalue weighted by molar-refractivity contribution is -0.108. The molecule has 1 atom stereocenters. The zero-order valence-electron chi connectivity index (χ0n) is 9.25. The van der Waals surface area contributed by atoms with Crippen molar-refractivity contribution in [2.45, 2.75) is 26.2 Å². The fraction of sp³-hybridized carbons (Fsp3) is 0.417. The van der Waals surface area contributed by atoms with E-state index in [1.54, 1.807) is 6.07 Å². The second-order valence-corrected chi connectivity index (χ2v) is 4.34. The Bertz CT molecular complexity index is 429. The van der Waals surface area contributed by atoms with E-state index in [0.717, 1.165) is 23.2 Å². The zero-order valence-corrected chi connectivity index (χ0v) is 10.0. The molecule has 2 rings (SSSR count). The molecule has 0 saturated carbocycles. The second-order valence-electron chi connectivity index (χ2n) is 3.93. The third-order valence-electron chi connectivity index (χ3n) is 2.84. The van der Waals surface area contributed by atoms with Crippen LogP contribution in [0, 0.1) is 6.92 Å². The van der Waals surface area contributed by atoms with E-state index in [1.165, 1.54) is 0 Å². The van der Waals surface area contributed by atoms with Crippen LogP contribution in [0.2, 0.25) is 5.02 Å². The number of benzene rings is 1. The second kappa shape index (κ2) is 4.34. The van der Waals surface area contributed by atoms with E-state index < -0.39 is 0 Å². The van der Waals surface area contributed by atoms with Crippen LogP contribution in [0.25, 0.3) is 0 Å². The molecule has 86 valence electrons. The molecule has 0 N–H and O–H groups in total. The first-order chi connectivity index (χ1) is 7.65. The standard InChI is InChI=1S/C12H13ClO3/c1-7(3-4-14)11-8(2)12-10(5-9(11)13)15-6-16-12/h4-5,7H,3,6H2,1-2H3. The molecule has 1 aromatic carbocycles. The van der Waals surface area contributed by atoms with Gasteiger partial charge >= 0.3 is 0 Å². The third-order valence-corrected chi connectivity index (χ3v) is 3.16. The summed E-state index contributed by atoms with van der Waals surface area (Å²) in [7, 11) is 0. The fourth-order valence-corrected chi connectivity index (χ4v) is 2.48. The van der Waals surface area contributed by atoms with Crippen molar-refractivity contribution in [1.29, 1.82) is 0 Å². The van der Waals surface area contributed by atoms with Crippen LogP contribution >= 0.6 is 11.6 Å². The van der Waals surface area contributed by atoms with Gasteiger partial charge in [0.1, 0.15) is 6.29 Å². The number of hydrogen-bond acceptors (Lipinski definition) is 3. The first-order valence-corrected chi connectivity index (χ1v) is 5.55. The van der Waals surface area contributed by atoms with E-state index in [0.29, 0.717) is 17.2 Å². The van der Waals surface area contributed by atoms with Gasteiger partial charge in [0.25, 0.3) is 0 Å². The normalized spacial score (nSPS) is 14.9. The Morgan fingerprint density at radius 3 is 3.00 bits per heavy atom. The Morgan fingerprint density at radius 1 is 1.56 bits per heavy atom. The minimum atomic E-state index is 0.0968. The molecule has 1 unspecified atom stereocenters. The molecule has 0 fully saturated rings. The van der Waals surface area contributed by atoms with Gasteiger partial charge in [-0.15, -0.1) is 0 Å². The highest BCUT2D eigenvalue weighted by molar-refractivity contribution is 6.31. The van der Waals surface area contributed by atoms with Gasteiger partial charge in [-0.3, -0.25) is 0 Å². The van der Waals surface area contributed by atoms with Crippen molar-refractivity contribution >= 4 is 17.9 Å². The number of aldehydes is 1. The Hall–Kier alpha value is -1.22. The van der Waals surface area contributed by atoms with Gasteiger partial charge in [0, 0.05) is 23.1 Å². The van der Waals surface area contributed by atoms with Gasteiger partial charge in [-0.25, -0.2) is 0 Å². The Morgan fingerprint density at radius 2 is 2.31 bits per heavy atom. The fourth-order valence-electron chi connectivity index (χ4n) is 2.05. The highest BCUT2D eigenvalue weighted by Crippen LogP contribution is 2.43. The van der Waals surface area contributed by atoms with E-state index in [1.807, 2.05) is 13.8 Å². The molecule has 0 radical (unpaired) electrons. The molecule has 1 aliphatic heterocycles. The molecule has 0 spiro atoms. The minimum Gasteiger partial charge on any atom is -0.454 e. The van der Waals surface area contributed by atoms with E-state index >= 15 is 0 Å². The number of halogens is 1. The molecule has 0 saturated heterocycles. The Kier molecular flexibility index (Phi) is 3.06. The smallest absolute Gasteiger partial charge is 0.231 e. The van der Waals surface area contributed by atoms with Crippen LogP contribution in [0.4, 0.5) is 0 Å². The van der Waals surface area contributed by atoms with Gasteiger partial charge in [-0.2, -0.15) is 0 Å². The molecule has 0 aromatic heterocycles. The predicted molar refractivity (Wildman–Crippen MR) is 61.4 cm³/mol. The summed E-state index contributed by atoms with van der Waals surface area (Å²) in [4.78, 5) is 10.5. The number of fused-ring (bicyclic) bond motifs is 1. The first-order valence-electron chi connectivity index (χ1n) is 5.17. The van der Waals surface area contributed by atoms with Gasteiger partial charge in [-0.1, -0.05) is 18.5 Å². The Labute approximate surface area is 99.3 Å². The molecule has 1 heterocycles. The lowest BCUT2D eigenvalue weighted by Gasteiger charge is -2.15. The monoisotopic (exact) mass is 240 g/mol. The maximum Gasteiger partial charge on any atom is 0.231 e.